The molecular weight excluding hydrogens is 315 g/mol. The van der Waals surface area contributed by atoms with Crippen LogP contribution in [0.5, 0.6) is 0 Å². The fraction of sp³-hybridized carbons (Fsp3) is 0.333. The molecule has 0 saturated heterocycles. The Hall–Kier alpha value is -0.830. The highest BCUT2D eigenvalue weighted by molar-refractivity contribution is 6.41. The molecule has 0 aliphatic rings. The summed E-state index contributed by atoms with van der Waals surface area (Å²) in [6.07, 6.45) is 0. The zero-order valence-corrected chi connectivity index (χ0v) is 14.0. The number of aryl methyl sites for hydroxylation is 1. The van der Waals surface area contributed by atoms with Gasteiger partial charge in [-0.3, -0.25) is 0 Å². The summed E-state index contributed by atoms with van der Waals surface area (Å²) in [5, 5.41) is 4.90. The summed E-state index contributed by atoms with van der Waals surface area (Å²) in [5.74, 6) is 0. The van der Waals surface area contributed by atoms with Crippen LogP contribution in [0.4, 0.5) is 5.69 Å². The summed E-state index contributed by atoms with van der Waals surface area (Å²) < 4.78 is 2.28. The summed E-state index contributed by atoms with van der Waals surface area (Å²) in [5.41, 5.74) is 4.49. The van der Waals surface area contributed by atoms with Gasteiger partial charge in [-0.1, -0.05) is 34.8 Å². The lowest BCUT2D eigenvalue weighted by molar-refractivity contribution is 0.715. The molecule has 0 amide bonds. The third kappa shape index (κ3) is 3.08. The van der Waals surface area contributed by atoms with Gasteiger partial charge in [-0.15, -0.1) is 0 Å². The van der Waals surface area contributed by atoms with Crippen LogP contribution >= 0.6 is 34.8 Å². The standard InChI is InChI=1S/C15H17Cl3N2/c1-4-20-9(2)5-11(10(20)3)8-19-15-13(17)6-12(16)7-14(15)18/h5-7,19H,4,8H2,1-3H3. The highest BCUT2D eigenvalue weighted by Crippen LogP contribution is 2.34. The van der Waals surface area contributed by atoms with Crippen molar-refractivity contribution in [3.63, 3.8) is 0 Å². The number of rotatable bonds is 4. The second-order valence-electron chi connectivity index (χ2n) is 4.74. The molecule has 0 fully saturated rings. The van der Waals surface area contributed by atoms with E-state index in [1.165, 1.54) is 17.0 Å². The Balaban J connectivity index is 2.21. The van der Waals surface area contributed by atoms with Crippen molar-refractivity contribution >= 4 is 40.5 Å². The minimum absolute atomic E-state index is 0.534. The van der Waals surface area contributed by atoms with Crippen LogP contribution in [0.2, 0.25) is 15.1 Å². The number of nitrogens with one attached hydrogen (secondary N) is 1. The van der Waals surface area contributed by atoms with E-state index in [0.29, 0.717) is 21.6 Å². The molecule has 0 atom stereocenters. The van der Waals surface area contributed by atoms with Crippen molar-refractivity contribution in [3.8, 4) is 0 Å². The minimum Gasteiger partial charge on any atom is -0.378 e. The van der Waals surface area contributed by atoms with Gasteiger partial charge in [0.15, 0.2) is 0 Å². The highest BCUT2D eigenvalue weighted by Gasteiger charge is 2.11. The van der Waals surface area contributed by atoms with Gasteiger partial charge in [0.05, 0.1) is 15.7 Å². The molecule has 2 nitrogen and oxygen atoms in total. The molecule has 0 unspecified atom stereocenters. The molecule has 1 N–H and O–H groups in total. The molecule has 20 heavy (non-hydrogen) atoms. The molecule has 0 saturated carbocycles. The molecule has 108 valence electrons. The molecule has 0 bridgehead atoms. The first-order chi connectivity index (χ1) is 9.43. The number of hydrogen-bond acceptors (Lipinski definition) is 1. The van der Waals surface area contributed by atoms with E-state index in [9.17, 15) is 0 Å². The van der Waals surface area contributed by atoms with Crippen LogP contribution in [-0.4, -0.2) is 4.57 Å². The van der Waals surface area contributed by atoms with Crippen molar-refractivity contribution in [1.82, 2.24) is 4.57 Å². The van der Waals surface area contributed by atoms with Gasteiger partial charge in [-0.25, -0.2) is 0 Å². The summed E-state index contributed by atoms with van der Waals surface area (Å²) >= 11 is 18.2. The molecule has 0 spiro atoms. The largest absolute Gasteiger partial charge is 0.378 e. The summed E-state index contributed by atoms with van der Waals surface area (Å²) in [4.78, 5) is 0. The van der Waals surface area contributed by atoms with Crippen molar-refractivity contribution in [2.45, 2.75) is 33.9 Å². The first-order valence-corrected chi connectivity index (χ1v) is 7.61. The normalized spacial score (nSPS) is 10.9. The Labute approximate surface area is 134 Å². The number of nitrogens with zero attached hydrogens (tertiary/aromatic N) is 1. The average Bonchev–Trinajstić information content (AvgIpc) is 2.62. The van der Waals surface area contributed by atoms with E-state index in [1.807, 2.05) is 0 Å². The van der Waals surface area contributed by atoms with E-state index in [4.69, 9.17) is 34.8 Å². The quantitative estimate of drug-likeness (QED) is 0.760. The minimum atomic E-state index is 0.534. The zero-order valence-electron chi connectivity index (χ0n) is 11.7. The number of anilines is 1. The Morgan fingerprint density at radius 1 is 1.05 bits per heavy atom. The van der Waals surface area contributed by atoms with Crippen LogP contribution < -0.4 is 5.32 Å². The van der Waals surface area contributed by atoms with E-state index >= 15 is 0 Å². The topological polar surface area (TPSA) is 17.0 Å². The monoisotopic (exact) mass is 330 g/mol. The molecule has 0 aliphatic heterocycles. The van der Waals surface area contributed by atoms with Gasteiger partial charge in [0.2, 0.25) is 0 Å². The van der Waals surface area contributed by atoms with E-state index in [2.05, 4.69) is 36.7 Å². The van der Waals surface area contributed by atoms with Crippen LogP contribution in [0.25, 0.3) is 0 Å². The maximum Gasteiger partial charge on any atom is 0.0722 e. The SMILES string of the molecule is CCn1c(C)cc(CNc2c(Cl)cc(Cl)cc2Cl)c1C. The van der Waals surface area contributed by atoms with Crippen molar-refractivity contribution in [2.75, 3.05) is 5.32 Å². The van der Waals surface area contributed by atoms with E-state index < -0.39 is 0 Å². The highest BCUT2D eigenvalue weighted by atomic mass is 35.5. The van der Waals surface area contributed by atoms with Gasteiger partial charge in [0, 0.05) is 29.5 Å². The lowest BCUT2D eigenvalue weighted by atomic mass is 10.2. The van der Waals surface area contributed by atoms with Crippen LogP contribution in [0.1, 0.15) is 23.9 Å². The predicted molar refractivity (Wildman–Crippen MR) is 88.4 cm³/mol. The van der Waals surface area contributed by atoms with Crippen LogP contribution in [0.3, 0.4) is 0 Å². The van der Waals surface area contributed by atoms with Gasteiger partial charge in [-0.2, -0.15) is 0 Å². The first kappa shape index (κ1) is 15.6. The fourth-order valence-corrected chi connectivity index (χ4v) is 3.38. The molecular formula is C15H17Cl3N2. The molecule has 1 heterocycles. The first-order valence-electron chi connectivity index (χ1n) is 6.48. The third-order valence-corrected chi connectivity index (χ3v) is 4.27. The fourth-order valence-electron chi connectivity index (χ4n) is 2.43. The lowest BCUT2D eigenvalue weighted by Crippen LogP contribution is -2.03. The number of halogens is 3. The number of aromatic nitrogens is 1. The number of benzene rings is 1. The summed E-state index contributed by atoms with van der Waals surface area (Å²) in [7, 11) is 0. The maximum atomic E-state index is 6.17. The van der Waals surface area contributed by atoms with Gasteiger partial charge < -0.3 is 9.88 Å². The van der Waals surface area contributed by atoms with Crippen molar-refractivity contribution < 1.29 is 0 Å². The van der Waals surface area contributed by atoms with Crippen molar-refractivity contribution in [1.29, 1.82) is 0 Å². The van der Waals surface area contributed by atoms with E-state index in [1.54, 1.807) is 12.1 Å². The van der Waals surface area contributed by atoms with Crippen LogP contribution in [0.15, 0.2) is 18.2 Å². The van der Waals surface area contributed by atoms with Crippen molar-refractivity contribution in [3.05, 3.63) is 50.2 Å². The van der Waals surface area contributed by atoms with Gasteiger partial charge in [0.25, 0.3) is 0 Å². The Kier molecular flexibility index (Phi) is 4.90. The number of hydrogen-bond donors (Lipinski definition) is 1. The molecule has 2 rings (SSSR count). The zero-order chi connectivity index (χ0) is 14.9. The predicted octanol–water partition coefficient (Wildman–Crippen LogP) is 5.70. The Morgan fingerprint density at radius 2 is 1.65 bits per heavy atom. The summed E-state index contributed by atoms with van der Waals surface area (Å²) in [6, 6.07) is 5.56. The van der Waals surface area contributed by atoms with Gasteiger partial charge in [-0.05, 0) is 44.5 Å². The second-order valence-corrected chi connectivity index (χ2v) is 5.99. The van der Waals surface area contributed by atoms with Crippen molar-refractivity contribution in [2.24, 2.45) is 0 Å². The lowest BCUT2D eigenvalue weighted by Gasteiger charge is -2.11. The molecule has 0 radical (unpaired) electrons. The van der Waals surface area contributed by atoms with E-state index in [0.717, 1.165) is 12.2 Å². The van der Waals surface area contributed by atoms with Gasteiger partial charge in [0.1, 0.15) is 0 Å². The molecule has 1 aromatic heterocycles. The molecule has 2 aromatic rings. The molecule has 0 aliphatic carbocycles. The second kappa shape index (κ2) is 6.30. The van der Waals surface area contributed by atoms with Gasteiger partial charge >= 0.3 is 0 Å². The Morgan fingerprint density at radius 3 is 2.15 bits per heavy atom. The van der Waals surface area contributed by atoms with Crippen LogP contribution in [0, 0.1) is 13.8 Å². The maximum absolute atomic E-state index is 6.17. The smallest absolute Gasteiger partial charge is 0.0722 e. The van der Waals surface area contributed by atoms with Crippen LogP contribution in [-0.2, 0) is 13.1 Å². The Bertz CT molecular complexity index is 609. The average molecular weight is 332 g/mol. The summed E-state index contributed by atoms with van der Waals surface area (Å²) in [6.45, 7) is 8.03. The molecule has 5 heteroatoms. The van der Waals surface area contributed by atoms with E-state index in [-0.39, 0.29) is 0 Å². The molecule has 1 aromatic carbocycles. The third-order valence-electron chi connectivity index (χ3n) is 3.46.